The lowest BCUT2D eigenvalue weighted by Gasteiger charge is -2.21. The standard InChI is InChI=1S/C19H11Cl2F7O2/c1-8-10(4-5-14(20)16(8)21)13(19(26,27)28)7-15(22)9-2-3-11(17(29)30)12(6-9)18(23,24)25/h2-7,13H,1H3,(H,29,30)/b15-7-. The molecule has 2 aromatic rings. The van der Waals surface area contributed by atoms with Crippen molar-refractivity contribution in [1.29, 1.82) is 0 Å². The van der Waals surface area contributed by atoms with Gasteiger partial charge in [0, 0.05) is 5.56 Å². The van der Waals surface area contributed by atoms with Crippen LogP contribution in [0.2, 0.25) is 10.0 Å². The Hall–Kier alpha value is -2.26. The summed E-state index contributed by atoms with van der Waals surface area (Å²) in [5.41, 5.74) is -4.23. The average molecular weight is 475 g/mol. The number of hydrogen-bond acceptors (Lipinski definition) is 1. The second kappa shape index (κ2) is 8.47. The molecule has 0 spiro atoms. The molecule has 162 valence electrons. The first-order valence-electron chi connectivity index (χ1n) is 7.98. The molecule has 0 aliphatic heterocycles. The largest absolute Gasteiger partial charge is 0.478 e. The molecule has 2 nitrogen and oxygen atoms in total. The number of halogens is 9. The predicted molar refractivity (Wildman–Crippen MR) is 97.5 cm³/mol. The summed E-state index contributed by atoms with van der Waals surface area (Å²) >= 11 is 11.6. The molecule has 0 aliphatic rings. The Morgan fingerprint density at radius 2 is 1.67 bits per heavy atom. The third kappa shape index (κ3) is 5.07. The van der Waals surface area contributed by atoms with Gasteiger partial charge in [-0.15, -0.1) is 0 Å². The molecule has 0 aliphatic carbocycles. The van der Waals surface area contributed by atoms with E-state index in [2.05, 4.69) is 0 Å². The molecule has 1 N–H and O–H groups in total. The van der Waals surface area contributed by atoms with Gasteiger partial charge in [-0.2, -0.15) is 26.3 Å². The fourth-order valence-electron chi connectivity index (χ4n) is 2.72. The van der Waals surface area contributed by atoms with Crippen LogP contribution in [0.25, 0.3) is 5.83 Å². The summed E-state index contributed by atoms with van der Waals surface area (Å²) in [5.74, 6) is -6.08. The van der Waals surface area contributed by atoms with Gasteiger partial charge in [-0.1, -0.05) is 35.3 Å². The quantitative estimate of drug-likeness (QED) is 0.461. The van der Waals surface area contributed by atoms with Crippen LogP contribution in [-0.2, 0) is 6.18 Å². The molecule has 11 heteroatoms. The van der Waals surface area contributed by atoms with Crippen molar-refractivity contribution in [2.45, 2.75) is 25.2 Å². The van der Waals surface area contributed by atoms with E-state index in [0.29, 0.717) is 12.1 Å². The zero-order valence-electron chi connectivity index (χ0n) is 14.8. The van der Waals surface area contributed by atoms with Crippen molar-refractivity contribution >= 4 is 35.0 Å². The molecule has 0 bridgehead atoms. The van der Waals surface area contributed by atoms with E-state index in [1.165, 1.54) is 6.92 Å². The second-order valence-corrected chi connectivity index (χ2v) is 6.96. The second-order valence-electron chi connectivity index (χ2n) is 6.17. The van der Waals surface area contributed by atoms with Crippen molar-refractivity contribution in [1.82, 2.24) is 0 Å². The monoisotopic (exact) mass is 474 g/mol. The number of alkyl halides is 6. The molecule has 1 unspecified atom stereocenters. The highest BCUT2D eigenvalue weighted by molar-refractivity contribution is 6.42. The van der Waals surface area contributed by atoms with Crippen LogP contribution in [0.3, 0.4) is 0 Å². The van der Waals surface area contributed by atoms with E-state index in [0.717, 1.165) is 12.1 Å². The number of hydrogen-bond donors (Lipinski definition) is 1. The Kier molecular flexibility index (Phi) is 6.78. The van der Waals surface area contributed by atoms with Crippen LogP contribution in [0.5, 0.6) is 0 Å². The summed E-state index contributed by atoms with van der Waals surface area (Å²) < 4.78 is 94.6. The molecule has 0 fully saturated rings. The zero-order chi connectivity index (χ0) is 23.0. The fraction of sp³-hybridized carbons (Fsp3) is 0.211. The van der Waals surface area contributed by atoms with Gasteiger partial charge in [-0.25, -0.2) is 9.18 Å². The Morgan fingerprint density at radius 3 is 2.17 bits per heavy atom. The van der Waals surface area contributed by atoms with Crippen molar-refractivity contribution in [2.75, 3.05) is 0 Å². The number of rotatable bonds is 4. The third-order valence-corrected chi connectivity index (χ3v) is 5.11. The van der Waals surface area contributed by atoms with E-state index in [1.54, 1.807) is 0 Å². The van der Waals surface area contributed by atoms with E-state index in [-0.39, 0.29) is 27.8 Å². The first kappa shape index (κ1) is 24.0. The molecular formula is C19H11Cl2F7O2. The van der Waals surface area contributed by atoms with E-state index in [4.69, 9.17) is 28.3 Å². The van der Waals surface area contributed by atoms with Gasteiger partial charge in [0.2, 0.25) is 0 Å². The van der Waals surface area contributed by atoms with Gasteiger partial charge in [0.1, 0.15) is 11.7 Å². The Balaban J connectivity index is 2.64. The van der Waals surface area contributed by atoms with E-state index >= 15 is 0 Å². The van der Waals surface area contributed by atoms with E-state index in [1.807, 2.05) is 0 Å². The number of allylic oxidation sites excluding steroid dienone is 1. The summed E-state index contributed by atoms with van der Waals surface area (Å²) in [4.78, 5) is 11.0. The number of carbonyl (C=O) groups is 1. The van der Waals surface area contributed by atoms with Gasteiger partial charge >= 0.3 is 18.3 Å². The minimum absolute atomic E-state index is 0.0256. The average Bonchev–Trinajstić information content (AvgIpc) is 2.62. The van der Waals surface area contributed by atoms with Crippen LogP contribution in [0, 0.1) is 6.92 Å². The molecule has 0 heterocycles. The Bertz CT molecular complexity index is 1010. The molecular weight excluding hydrogens is 464 g/mol. The summed E-state index contributed by atoms with van der Waals surface area (Å²) in [6, 6.07) is 3.34. The summed E-state index contributed by atoms with van der Waals surface area (Å²) in [6.07, 6.45) is -10.1. The van der Waals surface area contributed by atoms with Crippen molar-refractivity contribution in [2.24, 2.45) is 0 Å². The topological polar surface area (TPSA) is 37.3 Å². The Morgan fingerprint density at radius 1 is 1.07 bits per heavy atom. The first-order chi connectivity index (χ1) is 13.6. The van der Waals surface area contributed by atoms with Gasteiger partial charge in [-0.05, 0) is 42.3 Å². The van der Waals surface area contributed by atoms with Gasteiger partial charge < -0.3 is 5.11 Å². The van der Waals surface area contributed by atoms with Crippen molar-refractivity contribution in [3.05, 3.63) is 74.3 Å². The summed E-state index contributed by atoms with van der Waals surface area (Å²) in [7, 11) is 0. The van der Waals surface area contributed by atoms with Crippen LogP contribution in [-0.4, -0.2) is 17.3 Å². The van der Waals surface area contributed by atoms with Gasteiger partial charge in [0.15, 0.2) is 0 Å². The SMILES string of the molecule is Cc1c(C(/C=C(\F)c2ccc(C(=O)O)c(C(F)(F)F)c2)C(F)(F)F)ccc(Cl)c1Cl. The maximum absolute atomic E-state index is 14.6. The minimum atomic E-state index is -5.16. The zero-order valence-corrected chi connectivity index (χ0v) is 16.3. The van der Waals surface area contributed by atoms with E-state index < -0.39 is 52.3 Å². The number of aromatic carboxylic acids is 1. The lowest BCUT2D eigenvalue weighted by atomic mass is 9.92. The molecule has 0 saturated heterocycles. The van der Waals surface area contributed by atoms with Crippen molar-refractivity contribution in [3.63, 3.8) is 0 Å². The highest BCUT2D eigenvalue weighted by Gasteiger charge is 2.41. The fourth-order valence-corrected chi connectivity index (χ4v) is 3.10. The number of carboxylic acids is 1. The summed E-state index contributed by atoms with van der Waals surface area (Å²) in [5, 5.41) is 8.65. The molecule has 2 rings (SSSR count). The maximum atomic E-state index is 14.6. The molecule has 1 atom stereocenters. The van der Waals surface area contributed by atoms with Gasteiger partial charge in [0.25, 0.3) is 0 Å². The van der Waals surface area contributed by atoms with Crippen molar-refractivity contribution < 1.29 is 40.6 Å². The summed E-state index contributed by atoms with van der Waals surface area (Å²) in [6.45, 7) is 1.23. The molecule has 2 aromatic carbocycles. The molecule has 0 radical (unpaired) electrons. The lowest BCUT2D eigenvalue weighted by Crippen LogP contribution is -2.20. The molecule has 30 heavy (non-hydrogen) atoms. The smallest absolute Gasteiger partial charge is 0.417 e. The minimum Gasteiger partial charge on any atom is -0.478 e. The normalized spacial score (nSPS) is 14.0. The highest BCUT2D eigenvalue weighted by Crippen LogP contribution is 2.42. The van der Waals surface area contributed by atoms with Crippen LogP contribution in [0.15, 0.2) is 36.4 Å². The van der Waals surface area contributed by atoms with Crippen LogP contribution >= 0.6 is 23.2 Å². The van der Waals surface area contributed by atoms with Crippen LogP contribution in [0.1, 0.15) is 38.5 Å². The number of carboxylic acid groups (broad SMARTS) is 1. The molecule has 0 saturated carbocycles. The Labute approximate surface area is 175 Å². The number of benzene rings is 2. The third-order valence-electron chi connectivity index (χ3n) is 4.21. The highest BCUT2D eigenvalue weighted by atomic mass is 35.5. The van der Waals surface area contributed by atoms with Crippen LogP contribution < -0.4 is 0 Å². The molecule has 0 amide bonds. The van der Waals surface area contributed by atoms with Crippen LogP contribution in [0.4, 0.5) is 30.7 Å². The first-order valence-corrected chi connectivity index (χ1v) is 8.73. The predicted octanol–water partition coefficient (Wildman–Crippen LogP) is 7.68. The van der Waals surface area contributed by atoms with Crippen molar-refractivity contribution in [3.8, 4) is 0 Å². The van der Waals surface area contributed by atoms with Gasteiger partial charge in [-0.3, -0.25) is 0 Å². The maximum Gasteiger partial charge on any atom is 0.417 e. The molecule has 0 aromatic heterocycles. The van der Waals surface area contributed by atoms with E-state index in [9.17, 15) is 35.5 Å². The van der Waals surface area contributed by atoms with Gasteiger partial charge in [0.05, 0.1) is 21.2 Å². The lowest BCUT2D eigenvalue weighted by molar-refractivity contribution is -0.140.